The maximum Gasteiger partial charge on any atom is 0.357 e. The van der Waals surface area contributed by atoms with Crippen LogP contribution in [0.25, 0.3) is 0 Å². The standard InChI is InChI=1S/C16H29BrO6P2/c17-16(24(18,19)21-13-7-1-2-8-13)25(20,22-14-9-3-4-10-14)23-15-11-5-6-12-15/h13-16H,1-12H2,(H,18,19). The molecule has 2 unspecified atom stereocenters. The van der Waals surface area contributed by atoms with Gasteiger partial charge in [0, 0.05) is 0 Å². The lowest BCUT2D eigenvalue weighted by molar-refractivity contribution is 0.116. The Labute approximate surface area is 158 Å². The van der Waals surface area contributed by atoms with Crippen LogP contribution in [0.15, 0.2) is 0 Å². The summed E-state index contributed by atoms with van der Waals surface area (Å²) in [5.74, 6) is 0. The van der Waals surface area contributed by atoms with E-state index in [1.165, 1.54) is 0 Å². The van der Waals surface area contributed by atoms with Crippen LogP contribution in [0.2, 0.25) is 0 Å². The van der Waals surface area contributed by atoms with Crippen molar-refractivity contribution in [3.05, 3.63) is 0 Å². The van der Waals surface area contributed by atoms with Crippen LogP contribution in [-0.2, 0) is 22.7 Å². The van der Waals surface area contributed by atoms with Gasteiger partial charge in [0.2, 0.25) is 4.31 Å². The molecule has 6 nitrogen and oxygen atoms in total. The number of halogens is 1. The van der Waals surface area contributed by atoms with Gasteiger partial charge in [0.05, 0.1) is 18.3 Å². The Bertz CT molecular complexity index is 505. The molecule has 2 atom stereocenters. The molecular weight excluding hydrogens is 430 g/mol. The fourth-order valence-electron chi connectivity index (χ4n) is 3.96. The Kier molecular flexibility index (Phi) is 7.27. The molecule has 3 saturated carbocycles. The molecule has 3 fully saturated rings. The van der Waals surface area contributed by atoms with Gasteiger partial charge in [-0.3, -0.25) is 9.13 Å². The highest BCUT2D eigenvalue weighted by atomic mass is 79.9. The van der Waals surface area contributed by atoms with Gasteiger partial charge in [-0.05, 0) is 38.5 Å². The molecule has 0 aromatic heterocycles. The first-order valence-electron chi connectivity index (χ1n) is 9.50. The minimum atomic E-state index is -4.16. The summed E-state index contributed by atoms with van der Waals surface area (Å²) >= 11 is 3.19. The predicted octanol–water partition coefficient (Wildman–Crippen LogP) is 5.92. The van der Waals surface area contributed by atoms with Gasteiger partial charge in [0.25, 0.3) is 0 Å². The van der Waals surface area contributed by atoms with Crippen molar-refractivity contribution < 1.29 is 27.6 Å². The van der Waals surface area contributed by atoms with Gasteiger partial charge in [-0.2, -0.15) is 0 Å². The van der Waals surface area contributed by atoms with E-state index in [2.05, 4.69) is 15.9 Å². The van der Waals surface area contributed by atoms with E-state index in [4.69, 9.17) is 13.6 Å². The normalized spacial score (nSPS) is 27.8. The highest BCUT2D eigenvalue weighted by molar-refractivity contribution is 9.12. The Hall–Kier alpha value is 0.780. The molecule has 0 aromatic rings. The zero-order chi connectivity index (χ0) is 17.9. The van der Waals surface area contributed by atoms with E-state index in [1.54, 1.807) is 0 Å². The van der Waals surface area contributed by atoms with Crippen molar-refractivity contribution >= 4 is 31.1 Å². The first-order chi connectivity index (χ1) is 11.9. The Morgan fingerprint density at radius 1 is 0.720 bits per heavy atom. The minimum absolute atomic E-state index is 0.168. The lowest BCUT2D eigenvalue weighted by atomic mass is 10.3. The topological polar surface area (TPSA) is 82.1 Å². The van der Waals surface area contributed by atoms with Gasteiger partial charge in [-0.25, -0.2) is 0 Å². The van der Waals surface area contributed by atoms with Crippen molar-refractivity contribution in [2.24, 2.45) is 0 Å². The largest absolute Gasteiger partial charge is 0.357 e. The van der Waals surface area contributed by atoms with Crippen LogP contribution in [0.3, 0.4) is 0 Å². The average Bonchev–Trinajstić information content (AvgIpc) is 3.29. The van der Waals surface area contributed by atoms with E-state index in [9.17, 15) is 14.0 Å². The quantitative estimate of drug-likeness (QED) is 0.359. The summed E-state index contributed by atoms with van der Waals surface area (Å²) in [4.78, 5) is 10.5. The van der Waals surface area contributed by atoms with Crippen LogP contribution < -0.4 is 0 Å². The fraction of sp³-hybridized carbons (Fsp3) is 1.00. The first kappa shape index (κ1) is 20.5. The van der Waals surface area contributed by atoms with E-state index in [0.29, 0.717) is 0 Å². The van der Waals surface area contributed by atoms with Crippen molar-refractivity contribution in [1.29, 1.82) is 0 Å². The van der Waals surface area contributed by atoms with Crippen LogP contribution in [-0.4, -0.2) is 27.5 Å². The molecule has 0 saturated heterocycles. The molecule has 0 amide bonds. The maximum absolute atomic E-state index is 13.5. The monoisotopic (exact) mass is 458 g/mol. The maximum atomic E-state index is 13.5. The van der Waals surface area contributed by atoms with Crippen LogP contribution in [0, 0.1) is 0 Å². The van der Waals surface area contributed by atoms with Gasteiger partial charge in [-0.1, -0.05) is 54.5 Å². The molecule has 25 heavy (non-hydrogen) atoms. The van der Waals surface area contributed by atoms with Crippen molar-refractivity contribution in [2.75, 3.05) is 0 Å². The van der Waals surface area contributed by atoms with Crippen LogP contribution in [0.4, 0.5) is 0 Å². The molecule has 1 N–H and O–H groups in total. The van der Waals surface area contributed by atoms with E-state index >= 15 is 0 Å². The van der Waals surface area contributed by atoms with E-state index in [0.717, 1.165) is 77.0 Å². The van der Waals surface area contributed by atoms with Gasteiger partial charge < -0.3 is 18.5 Å². The zero-order valence-corrected chi connectivity index (χ0v) is 17.9. The summed E-state index contributed by atoms with van der Waals surface area (Å²) < 4.78 is 42.2. The van der Waals surface area contributed by atoms with Crippen molar-refractivity contribution in [2.45, 2.75) is 99.7 Å². The van der Waals surface area contributed by atoms with Crippen molar-refractivity contribution in [3.8, 4) is 0 Å². The molecule has 0 spiro atoms. The molecule has 0 aromatic carbocycles. The van der Waals surface area contributed by atoms with Crippen LogP contribution in [0.1, 0.15) is 77.0 Å². The molecule has 146 valence electrons. The van der Waals surface area contributed by atoms with Gasteiger partial charge >= 0.3 is 15.2 Å². The fourth-order valence-corrected chi connectivity index (χ4v) is 8.99. The highest BCUT2D eigenvalue weighted by Gasteiger charge is 2.51. The van der Waals surface area contributed by atoms with Crippen LogP contribution in [0.5, 0.6) is 0 Å². The highest BCUT2D eigenvalue weighted by Crippen LogP contribution is 2.72. The molecule has 3 aliphatic carbocycles. The van der Waals surface area contributed by atoms with Gasteiger partial charge in [-0.15, -0.1) is 0 Å². The molecule has 0 bridgehead atoms. The Balaban J connectivity index is 1.73. The molecule has 3 rings (SSSR count). The molecular formula is C16H29BrO6P2. The van der Waals surface area contributed by atoms with Crippen LogP contribution >= 0.6 is 31.1 Å². The third-order valence-corrected chi connectivity index (χ3v) is 13.0. The average molecular weight is 459 g/mol. The summed E-state index contributed by atoms with van der Waals surface area (Å²) in [6, 6.07) is 0. The zero-order valence-electron chi connectivity index (χ0n) is 14.6. The molecule has 3 aliphatic rings. The van der Waals surface area contributed by atoms with E-state index in [1.807, 2.05) is 0 Å². The number of rotatable bonds is 8. The second kappa shape index (κ2) is 8.86. The van der Waals surface area contributed by atoms with Crippen molar-refractivity contribution in [1.82, 2.24) is 0 Å². The predicted molar refractivity (Wildman–Crippen MR) is 100 cm³/mol. The number of hydrogen-bond donors (Lipinski definition) is 1. The summed E-state index contributed by atoms with van der Waals surface area (Å²) in [5.41, 5.74) is 0. The third-order valence-electron chi connectivity index (χ3n) is 5.33. The number of alkyl halides is 1. The smallest absolute Gasteiger partial charge is 0.323 e. The first-order valence-corrected chi connectivity index (χ1v) is 13.7. The van der Waals surface area contributed by atoms with E-state index in [-0.39, 0.29) is 18.3 Å². The molecule has 0 radical (unpaired) electrons. The number of hydrogen-bond acceptors (Lipinski definition) is 5. The Morgan fingerprint density at radius 2 is 1.04 bits per heavy atom. The summed E-state index contributed by atoms with van der Waals surface area (Å²) in [7, 11) is -7.97. The molecule has 9 heteroatoms. The van der Waals surface area contributed by atoms with Gasteiger partial charge in [0.1, 0.15) is 0 Å². The third kappa shape index (κ3) is 5.40. The minimum Gasteiger partial charge on any atom is -0.323 e. The second-order valence-electron chi connectivity index (χ2n) is 7.45. The molecule has 0 heterocycles. The lowest BCUT2D eigenvalue weighted by Crippen LogP contribution is -2.19. The summed E-state index contributed by atoms with van der Waals surface area (Å²) in [6.45, 7) is 0. The Morgan fingerprint density at radius 3 is 1.40 bits per heavy atom. The van der Waals surface area contributed by atoms with Gasteiger partial charge in [0.15, 0.2) is 0 Å². The second-order valence-corrected chi connectivity index (χ2v) is 14.1. The molecule has 0 aliphatic heterocycles. The SMILES string of the molecule is O=P(O)(OC1CCCC1)C(Br)P(=O)(OC1CCCC1)OC1CCCC1. The van der Waals surface area contributed by atoms with E-state index < -0.39 is 19.5 Å². The van der Waals surface area contributed by atoms with Crippen molar-refractivity contribution in [3.63, 3.8) is 0 Å². The summed E-state index contributed by atoms with van der Waals surface area (Å²) in [5, 5.41) is 0. The lowest BCUT2D eigenvalue weighted by Gasteiger charge is -2.31. The summed E-state index contributed by atoms with van der Waals surface area (Å²) in [6.07, 6.45) is 10.3.